The number of benzene rings is 1. The van der Waals surface area contributed by atoms with Crippen LogP contribution in [0.4, 0.5) is 0 Å². The van der Waals surface area contributed by atoms with E-state index in [0.29, 0.717) is 26.2 Å². The molecule has 1 saturated heterocycles. The van der Waals surface area contributed by atoms with Crippen LogP contribution in [0.1, 0.15) is 29.4 Å². The van der Waals surface area contributed by atoms with Gasteiger partial charge >= 0.3 is 0 Å². The van der Waals surface area contributed by atoms with Crippen LogP contribution in [0.25, 0.3) is 11.8 Å². The van der Waals surface area contributed by atoms with E-state index in [1.165, 1.54) is 5.56 Å². The molecule has 1 aliphatic heterocycles. The van der Waals surface area contributed by atoms with E-state index >= 15 is 0 Å². The third-order valence-electron chi connectivity index (χ3n) is 5.20. The zero-order valence-corrected chi connectivity index (χ0v) is 16.5. The van der Waals surface area contributed by atoms with E-state index in [2.05, 4.69) is 55.7 Å². The van der Waals surface area contributed by atoms with E-state index in [-0.39, 0.29) is 11.8 Å². The molecule has 0 aliphatic carbocycles. The zero-order chi connectivity index (χ0) is 19.6. The van der Waals surface area contributed by atoms with Gasteiger partial charge in [0.05, 0.1) is 0 Å². The monoisotopic (exact) mass is 365 g/mol. The summed E-state index contributed by atoms with van der Waals surface area (Å²) in [6, 6.07) is 10.5. The van der Waals surface area contributed by atoms with Gasteiger partial charge in [0.15, 0.2) is 0 Å². The molecule has 0 saturated carbocycles. The van der Waals surface area contributed by atoms with E-state index in [4.69, 9.17) is 0 Å². The average Bonchev–Trinajstić information content (AvgIpc) is 2.94. The SMILES string of the molecule is CC(=O)N1CCN(C(=O)/C=C/c2cc(C)n(-c3ccc(C)cc3)c2C)CC1. The third-order valence-corrected chi connectivity index (χ3v) is 5.20. The minimum atomic E-state index is -0.00154. The average molecular weight is 365 g/mol. The number of carbonyl (C=O) groups is 2. The molecular formula is C22H27N3O2. The second-order valence-electron chi connectivity index (χ2n) is 7.16. The second kappa shape index (κ2) is 7.82. The number of aromatic nitrogens is 1. The van der Waals surface area contributed by atoms with E-state index in [1.54, 1.807) is 22.8 Å². The molecule has 1 fully saturated rings. The van der Waals surface area contributed by atoms with Crippen molar-refractivity contribution in [1.82, 2.24) is 14.4 Å². The molecule has 2 heterocycles. The highest BCUT2D eigenvalue weighted by molar-refractivity contribution is 5.92. The molecule has 0 bridgehead atoms. The van der Waals surface area contributed by atoms with Crippen LogP contribution in [0.3, 0.4) is 0 Å². The Balaban J connectivity index is 1.72. The summed E-state index contributed by atoms with van der Waals surface area (Å²) >= 11 is 0. The maximum absolute atomic E-state index is 12.5. The first-order valence-corrected chi connectivity index (χ1v) is 9.35. The van der Waals surface area contributed by atoms with Crippen molar-refractivity contribution in [1.29, 1.82) is 0 Å². The van der Waals surface area contributed by atoms with E-state index < -0.39 is 0 Å². The minimum absolute atomic E-state index is 0.00154. The Hall–Kier alpha value is -2.82. The molecule has 3 rings (SSSR count). The number of piperazine rings is 1. The molecule has 142 valence electrons. The van der Waals surface area contributed by atoms with Crippen LogP contribution in [-0.4, -0.2) is 52.4 Å². The maximum Gasteiger partial charge on any atom is 0.246 e. The molecule has 0 spiro atoms. The van der Waals surface area contributed by atoms with Gasteiger partial charge in [-0.25, -0.2) is 0 Å². The number of nitrogens with zero attached hydrogens (tertiary/aromatic N) is 3. The maximum atomic E-state index is 12.5. The minimum Gasteiger partial charge on any atom is -0.339 e. The van der Waals surface area contributed by atoms with Crippen molar-refractivity contribution in [2.45, 2.75) is 27.7 Å². The number of hydrogen-bond donors (Lipinski definition) is 0. The van der Waals surface area contributed by atoms with E-state index in [0.717, 1.165) is 22.6 Å². The van der Waals surface area contributed by atoms with Gasteiger partial charge in [-0.2, -0.15) is 0 Å². The lowest BCUT2D eigenvalue weighted by Gasteiger charge is -2.33. The van der Waals surface area contributed by atoms with Crippen molar-refractivity contribution in [2.24, 2.45) is 0 Å². The Morgan fingerprint density at radius 3 is 2.11 bits per heavy atom. The van der Waals surface area contributed by atoms with Gasteiger partial charge in [-0.3, -0.25) is 9.59 Å². The quantitative estimate of drug-likeness (QED) is 0.785. The first-order chi connectivity index (χ1) is 12.9. The molecule has 0 atom stereocenters. The zero-order valence-electron chi connectivity index (χ0n) is 16.5. The fourth-order valence-corrected chi connectivity index (χ4v) is 3.56. The number of amides is 2. The summed E-state index contributed by atoms with van der Waals surface area (Å²) in [6.07, 6.45) is 3.54. The van der Waals surface area contributed by atoms with Crippen LogP contribution in [0.15, 0.2) is 36.4 Å². The molecule has 0 radical (unpaired) electrons. The molecule has 0 unspecified atom stereocenters. The largest absolute Gasteiger partial charge is 0.339 e. The first-order valence-electron chi connectivity index (χ1n) is 9.35. The summed E-state index contributed by atoms with van der Waals surface area (Å²) in [6.45, 7) is 10.2. The summed E-state index contributed by atoms with van der Waals surface area (Å²) in [7, 11) is 0. The molecule has 2 aromatic rings. The normalized spacial score (nSPS) is 14.8. The Morgan fingerprint density at radius 2 is 1.52 bits per heavy atom. The summed E-state index contributed by atoms with van der Waals surface area (Å²) in [4.78, 5) is 27.5. The molecule has 1 aliphatic rings. The van der Waals surface area contributed by atoms with Gasteiger partial charge in [0.2, 0.25) is 11.8 Å². The summed E-state index contributed by atoms with van der Waals surface area (Å²) < 4.78 is 2.20. The van der Waals surface area contributed by atoms with Crippen LogP contribution in [0, 0.1) is 20.8 Å². The summed E-state index contributed by atoms with van der Waals surface area (Å²) in [5.41, 5.74) is 5.66. The van der Waals surface area contributed by atoms with Gasteiger partial charge in [0.1, 0.15) is 0 Å². The molecule has 0 N–H and O–H groups in total. The second-order valence-corrected chi connectivity index (χ2v) is 7.16. The lowest BCUT2D eigenvalue weighted by atomic mass is 10.2. The lowest BCUT2D eigenvalue weighted by Crippen LogP contribution is -2.49. The predicted octanol–water partition coefficient (Wildman–Crippen LogP) is 3.11. The number of hydrogen-bond acceptors (Lipinski definition) is 2. The fourth-order valence-electron chi connectivity index (χ4n) is 3.56. The van der Waals surface area contributed by atoms with Crippen molar-refractivity contribution in [3.05, 3.63) is 58.9 Å². The van der Waals surface area contributed by atoms with Crippen LogP contribution >= 0.6 is 0 Å². The predicted molar refractivity (Wildman–Crippen MR) is 108 cm³/mol. The van der Waals surface area contributed by atoms with Gasteiger partial charge in [-0.15, -0.1) is 0 Å². The summed E-state index contributed by atoms with van der Waals surface area (Å²) in [5, 5.41) is 0. The van der Waals surface area contributed by atoms with Crippen LogP contribution in [0.5, 0.6) is 0 Å². The van der Waals surface area contributed by atoms with Crippen LogP contribution < -0.4 is 0 Å². The first kappa shape index (κ1) is 19.0. The van der Waals surface area contributed by atoms with Crippen molar-refractivity contribution >= 4 is 17.9 Å². The number of aryl methyl sites for hydroxylation is 2. The van der Waals surface area contributed by atoms with Crippen LogP contribution in [-0.2, 0) is 9.59 Å². The van der Waals surface area contributed by atoms with Crippen LogP contribution in [0.2, 0.25) is 0 Å². The molecule has 1 aromatic carbocycles. The lowest BCUT2D eigenvalue weighted by molar-refractivity contribution is -0.135. The Labute approximate surface area is 160 Å². The third kappa shape index (κ3) is 4.13. The van der Waals surface area contributed by atoms with Gasteiger partial charge in [-0.05, 0) is 50.6 Å². The van der Waals surface area contributed by atoms with E-state index in [1.807, 2.05) is 6.08 Å². The smallest absolute Gasteiger partial charge is 0.246 e. The summed E-state index contributed by atoms with van der Waals surface area (Å²) in [5.74, 6) is 0.0690. The molecular weight excluding hydrogens is 338 g/mol. The van der Waals surface area contributed by atoms with Gasteiger partial charge in [0, 0.05) is 56.3 Å². The molecule has 27 heavy (non-hydrogen) atoms. The Kier molecular flexibility index (Phi) is 5.49. The van der Waals surface area contributed by atoms with E-state index in [9.17, 15) is 9.59 Å². The number of carbonyl (C=O) groups excluding carboxylic acids is 2. The molecule has 5 heteroatoms. The standard InChI is InChI=1S/C22H27N3O2/c1-16-5-8-21(9-6-16)25-17(2)15-20(18(25)3)7-10-22(27)24-13-11-23(12-14-24)19(4)26/h5-10,15H,11-14H2,1-4H3/b10-7+. The van der Waals surface area contributed by atoms with Crippen molar-refractivity contribution in [3.8, 4) is 5.69 Å². The molecule has 5 nitrogen and oxygen atoms in total. The highest BCUT2D eigenvalue weighted by Crippen LogP contribution is 2.22. The van der Waals surface area contributed by atoms with Crippen molar-refractivity contribution in [2.75, 3.05) is 26.2 Å². The van der Waals surface area contributed by atoms with Crippen molar-refractivity contribution in [3.63, 3.8) is 0 Å². The highest BCUT2D eigenvalue weighted by atomic mass is 16.2. The van der Waals surface area contributed by atoms with Gasteiger partial charge in [-0.1, -0.05) is 17.7 Å². The van der Waals surface area contributed by atoms with Gasteiger partial charge in [0.25, 0.3) is 0 Å². The van der Waals surface area contributed by atoms with Gasteiger partial charge < -0.3 is 14.4 Å². The molecule has 1 aromatic heterocycles. The molecule has 2 amide bonds. The van der Waals surface area contributed by atoms with Crippen molar-refractivity contribution < 1.29 is 9.59 Å². The topological polar surface area (TPSA) is 45.6 Å². The highest BCUT2D eigenvalue weighted by Gasteiger charge is 2.21. The Bertz CT molecular complexity index is 870. The number of rotatable bonds is 3. The fraction of sp³-hybridized carbons (Fsp3) is 0.364. The Morgan fingerprint density at radius 1 is 0.926 bits per heavy atom.